The molecular formula is C12H12Br2O. The molecule has 0 N–H and O–H groups in total. The number of unbranched alkanes of at least 4 members (excludes halogenated alkanes) is 1. The van der Waals surface area contributed by atoms with Crippen molar-refractivity contribution >= 4 is 37.6 Å². The molecule has 0 aliphatic rings. The monoisotopic (exact) mass is 330 g/mol. The number of carbonyl (C=O) groups is 1. The Morgan fingerprint density at radius 2 is 2.13 bits per heavy atom. The zero-order valence-electron chi connectivity index (χ0n) is 8.30. The van der Waals surface area contributed by atoms with Crippen LogP contribution in [0.4, 0.5) is 0 Å². The molecule has 0 amide bonds. The second-order valence-corrected chi connectivity index (χ2v) is 5.00. The summed E-state index contributed by atoms with van der Waals surface area (Å²) in [6.07, 6.45) is 4.16. The van der Waals surface area contributed by atoms with Gasteiger partial charge >= 0.3 is 0 Å². The molecule has 1 aromatic carbocycles. The van der Waals surface area contributed by atoms with Gasteiger partial charge in [0.25, 0.3) is 0 Å². The number of benzene rings is 1. The summed E-state index contributed by atoms with van der Waals surface area (Å²) in [5.41, 5.74) is 0.744. The first-order chi connectivity index (χ1) is 7.15. The van der Waals surface area contributed by atoms with E-state index >= 15 is 0 Å². The molecule has 0 aliphatic heterocycles. The Morgan fingerprint density at radius 3 is 2.80 bits per heavy atom. The van der Waals surface area contributed by atoms with Crippen LogP contribution in [0.3, 0.4) is 0 Å². The van der Waals surface area contributed by atoms with Gasteiger partial charge in [-0.1, -0.05) is 37.9 Å². The van der Waals surface area contributed by atoms with Gasteiger partial charge in [0.2, 0.25) is 0 Å². The molecule has 15 heavy (non-hydrogen) atoms. The number of allylic oxidation sites excluding steroid dienone is 1. The summed E-state index contributed by atoms with van der Waals surface area (Å²) >= 11 is 6.74. The molecule has 0 fully saturated rings. The molecule has 0 saturated carbocycles. The molecule has 1 nitrogen and oxygen atoms in total. The highest BCUT2D eigenvalue weighted by Crippen LogP contribution is 2.23. The summed E-state index contributed by atoms with van der Waals surface area (Å²) in [6.45, 7) is 3.63. The second-order valence-electron chi connectivity index (χ2n) is 3.23. The molecule has 0 atom stereocenters. The van der Waals surface area contributed by atoms with E-state index < -0.39 is 0 Å². The Balaban J connectivity index is 2.72. The summed E-state index contributed by atoms with van der Waals surface area (Å²) in [4.78, 5) is 11.8. The third-order valence-electron chi connectivity index (χ3n) is 2.04. The van der Waals surface area contributed by atoms with Crippen LogP contribution in [0.25, 0.3) is 0 Å². The van der Waals surface area contributed by atoms with Gasteiger partial charge in [0.1, 0.15) is 0 Å². The van der Waals surface area contributed by atoms with Crippen molar-refractivity contribution in [2.24, 2.45) is 0 Å². The van der Waals surface area contributed by atoms with E-state index in [2.05, 4.69) is 38.4 Å². The van der Waals surface area contributed by atoms with Crippen LogP contribution in [0, 0.1) is 0 Å². The van der Waals surface area contributed by atoms with E-state index in [1.54, 1.807) is 0 Å². The predicted molar refractivity (Wildman–Crippen MR) is 70.2 cm³/mol. The molecule has 1 rings (SSSR count). The van der Waals surface area contributed by atoms with Crippen molar-refractivity contribution in [2.45, 2.75) is 19.3 Å². The van der Waals surface area contributed by atoms with Crippen molar-refractivity contribution in [3.8, 4) is 0 Å². The summed E-state index contributed by atoms with van der Waals surface area (Å²) < 4.78 is 1.78. The smallest absolute Gasteiger partial charge is 0.164 e. The van der Waals surface area contributed by atoms with Crippen molar-refractivity contribution in [3.63, 3.8) is 0 Å². The van der Waals surface area contributed by atoms with E-state index in [1.807, 2.05) is 24.3 Å². The second kappa shape index (κ2) is 6.23. The van der Waals surface area contributed by atoms with Gasteiger partial charge in [0, 0.05) is 20.9 Å². The lowest BCUT2D eigenvalue weighted by molar-refractivity contribution is 0.0979. The molecule has 3 heteroatoms. The van der Waals surface area contributed by atoms with Gasteiger partial charge in [0.15, 0.2) is 5.78 Å². The van der Waals surface area contributed by atoms with Gasteiger partial charge in [-0.05, 0) is 31.0 Å². The lowest BCUT2D eigenvalue weighted by Crippen LogP contribution is -1.99. The van der Waals surface area contributed by atoms with Crippen molar-refractivity contribution in [2.75, 3.05) is 0 Å². The van der Waals surface area contributed by atoms with Crippen LogP contribution < -0.4 is 0 Å². The first-order valence-corrected chi connectivity index (χ1v) is 6.33. The minimum absolute atomic E-state index is 0.171. The zero-order valence-corrected chi connectivity index (χ0v) is 11.5. The van der Waals surface area contributed by atoms with Crippen LogP contribution in [0.1, 0.15) is 29.6 Å². The summed E-state index contributed by atoms with van der Waals surface area (Å²) in [5, 5.41) is 0. The Bertz CT molecular complexity index is 372. The highest BCUT2D eigenvalue weighted by Gasteiger charge is 2.09. The van der Waals surface area contributed by atoms with Crippen LogP contribution in [0.2, 0.25) is 0 Å². The molecule has 0 unspecified atom stereocenters. The molecule has 0 aromatic heterocycles. The SMILES string of the molecule is C=CCCCC(=O)c1cc(Br)ccc1Br. The van der Waals surface area contributed by atoms with Gasteiger partial charge < -0.3 is 0 Å². The first-order valence-electron chi connectivity index (χ1n) is 4.74. The number of ketones is 1. The highest BCUT2D eigenvalue weighted by molar-refractivity contribution is 9.11. The maximum atomic E-state index is 11.8. The maximum Gasteiger partial charge on any atom is 0.164 e. The van der Waals surface area contributed by atoms with Crippen LogP contribution >= 0.6 is 31.9 Å². The Labute approximate surface area is 107 Å². The number of hydrogen-bond donors (Lipinski definition) is 0. The fraction of sp³-hybridized carbons (Fsp3) is 0.250. The van der Waals surface area contributed by atoms with Gasteiger partial charge in [-0.3, -0.25) is 4.79 Å². The molecule has 0 heterocycles. The minimum atomic E-state index is 0.171. The van der Waals surface area contributed by atoms with E-state index in [1.165, 1.54) is 0 Å². The van der Waals surface area contributed by atoms with E-state index in [0.717, 1.165) is 27.4 Å². The number of carbonyl (C=O) groups excluding carboxylic acids is 1. The molecule has 0 spiro atoms. The van der Waals surface area contributed by atoms with Crippen LogP contribution in [-0.4, -0.2) is 5.78 Å². The maximum absolute atomic E-state index is 11.8. The topological polar surface area (TPSA) is 17.1 Å². The first kappa shape index (κ1) is 12.7. The van der Waals surface area contributed by atoms with Crippen molar-refractivity contribution in [1.29, 1.82) is 0 Å². The lowest BCUT2D eigenvalue weighted by atomic mass is 10.1. The number of Topliss-reactive ketones (excluding diaryl/α,β-unsaturated/α-hetero) is 1. The molecule has 80 valence electrons. The molecule has 0 saturated heterocycles. The fourth-order valence-corrected chi connectivity index (χ4v) is 2.08. The van der Waals surface area contributed by atoms with Crippen LogP contribution in [0.15, 0.2) is 39.8 Å². The van der Waals surface area contributed by atoms with E-state index in [4.69, 9.17) is 0 Å². The van der Waals surface area contributed by atoms with Gasteiger partial charge in [0.05, 0.1) is 0 Å². The standard InChI is InChI=1S/C12H12Br2O/c1-2-3-4-5-12(15)10-8-9(13)6-7-11(10)14/h2,6-8H,1,3-5H2. The molecule has 1 aromatic rings. The third kappa shape index (κ3) is 3.92. The molecular weight excluding hydrogens is 320 g/mol. The number of hydrogen-bond acceptors (Lipinski definition) is 1. The van der Waals surface area contributed by atoms with E-state index in [-0.39, 0.29) is 5.78 Å². The van der Waals surface area contributed by atoms with Crippen molar-refractivity contribution < 1.29 is 4.79 Å². The Kier molecular flexibility index (Phi) is 5.26. The lowest BCUT2D eigenvalue weighted by Gasteiger charge is -2.03. The predicted octanol–water partition coefficient (Wildman–Crippen LogP) is 4.75. The van der Waals surface area contributed by atoms with Gasteiger partial charge in [-0.2, -0.15) is 0 Å². The zero-order chi connectivity index (χ0) is 11.3. The van der Waals surface area contributed by atoms with Gasteiger partial charge in [-0.25, -0.2) is 0 Å². The van der Waals surface area contributed by atoms with Crippen molar-refractivity contribution in [1.82, 2.24) is 0 Å². The van der Waals surface area contributed by atoms with E-state index in [9.17, 15) is 4.79 Å². The molecule has 0 aliphatic carbocycles. The number of halogens is 2. The summed E-state index contributed by atoms with van der Waals surface area (Å²) in [6, 6.07) is 5.63. The van der Waals surface area contributed by atoms with Gasteiger partial charge in [-0.15, -0.1) is 6.58 Å². The minimum Gasteiger partial charge on any atom is -0.294 e. The largest absolute Gasteiger partial charge is 0.294 e. The quantitative estimate of drug-likeness (QED) is 0.432. The molecule has 0 bridgehead atoms. The Hall–Kier alpha value is -0.410. The van der Waals surface area contributed by atoms with Crippen molar-refractivity contribution in [3.05, 3.63) is 45.4 Å². The average Bonchev–Trinajstić information content (AvgIpc) is 2.22. The average molecular weight is 332 g/mol. The van der Waals surface area contributed by atoms with E-state index in [0.29, 0.717) is 6.42 Å². The molecule has 0 radical (unpaired) electrons. The van der Waals surface area contributed by atoms with Crippen LogP contribution in [-0.2, 0) is 0 Å². The van der Waals surface area contributed by atoms with Crippen LogP contribution in [0.5, 0.6) is 0 Å². The summed E-state index contributed by atoms with van der Waals surface area (Å²) in [7, 11) is 0. The highest BCUT2D eigenvalue weighted by atomic mass is 79.9. The fourth-order valence-electron chi connectivity index (χ4n) is 1.25. The Morgan fingerprint density at radius 1 is 1.40 bits per heavy atom. The summed E-state index contributed by atoms with van der Waals surface area (Å²) in [5.74, 6) is 0.171. The number of rotatable bonds is 5. The normalized spacial score (nSPS) is 10.0. The third-order valence-corrected chi connectivity index (χ3v) is 3.23.